The molecule has 1 heterocycles. The summed E-state index contributed by atoms with van der Waals surface area (Å²) in [6, 6.07) is 7.51. The lowest BCUT2D eigenvalue weighted by Gasteiger charge is -2.14. The van der Waals surface area contributed by atoms with Gasteiger partial charge >= 0.3 is 0 Å². The number of carbonyl (C=O) groups is 1. The van der Waals surface area contributed by atoms with Gasteiger partial charge in [0.2, 0.25) is 5.91 Å². The summed E-state index contributed by atoms with van der Waals surface area (Å²) in [5.41, 5.74) is 1.79. The fraction of sp³-hybridized carbons (Fsp3) is 0.294. The molecule has 0 aliphatic carbocycles. The summed E-state index contributed by atoms with van der Waals surface area (Å²) in [6.45, 7) is 3.96. The average molecular weight is 379 g/mol. The van der Waals surface area contributed by atoms with E-state index in [0.29, 0.717) is 18.7 Å². The second-order valence-corrected chi connectivity index (χ2v) is 6.01. The van der Waals surface area contributed by atoms with Crippen LogP contribution in [0, 0.1) is 6.92 Å². The van der Waals surface area contributed by atoms with Crippen LogP contribution < -0.4 is 15.6 Å². The average Bonchev–Trinajstić information content (AvgIpc) is 2.57. The van der Waals surface area contributed by atoms with Gasteiger partial charge in [0.05, 0.1) is 13.7 Å². The lowest BCUT2D eigenvalue weighted by atomic mass is 10.2. The number of pyridine rings is 1. The number of rotatable bonds is 5. The van der Waals surface area contributed by atoms with E-state index >= 15 is 0 Å². The van der Waals surface area contributed by atoms with Gasteiger partial charge in [-0.25, -0.2) is 0 Å². The molecule has 1 amide bonds. The number of hydrogen-bond acceptors (Lipinski definition) is 3. The van der Waals surface area contributed by atoms with E-state index in [1.807, 2.05) is 24.3 Å². The van der Waals surface area contributed by atoms with Crippen molar-refractivity contribution in [2.75, 3.05) is 12.4 Å². The zero-order valence-electron chi connectivity index (χ0n) is 13.4. The van der Waals surface area contributed by atoms with Crippen molar-refractivity contribution in [1.82, 2.24) is 4.57 Å². The number of halogens is 1. The SMILES string of the molecule is CCC(=O)Nc1c(C)c(Br)cn(Cc2ccc(OC)cc2)c1=O. The molecule has 1 aromatic heterocycles. The van der Waals surface area contributed by atoms with Crippen molar-refractivity contribution >= 4 is 27.5 Å². The number of amides is 1. The molecule has 2 rings (SSSR count). The molecule has 1 N–H and O–H groups in total. The van der Waals surface area contributed by atoms with Crippen LogP contribution in [0.2, 0.25) is 0 Å². The predicted molar refractivity (Wildman–Crippen MR) is 94.2 cm³/mol. The topological polar surface area (TPSA) is 60.3 Å². The van der Waals surface area contributed by atoms with Crippen LogP contribution in [-0.4, -0.2) is 17.6 Å². The zero-order chi connectivity index (χ0) is 17.0. The second kappa shape index (κ2) is 7.46. The molecule has 6 heteroatoms. The molecule has 1 aromatic carbocycles. The summed E-state index contributed by atoms with van der Waals surface area (Å²) >= 11 is 3.45. The van der Waals surface area contributed by atoms with Gasteiger partial charge in [0.1, 0.15) is 11.4 Å². The normalized spacial score (nSPS) is 10.4. The highest BCUT2D eigenvalue weighted by atomic mass is 79.9. The van der Waals surface area contributed by atoms with E-state index in [4.69, 9.17) is 4.74 Å². The van der Waals surface area contributed by atoms with Crippen molar-refractivity contribution < 1.29 is 9.53 Å². The Morgan fingerprint density at radius 3 is 2.52 bits per heavy atom. The summed E-state index contributed by atoms with van der Waals surface area (Å²) in [5.74, 6) is 0.585. The van der Waals surface area contributed by atoms with Crippen LogP contribution in [0.1, 0.15) is 24.5 Å². The van der Waals surface area contributed by atoms with Gasteiger partial charge in [-0.15, -0.1) is 0 Å². The largest absolute Gasteiger partial charge is 0.497 e. The minimum atomic E-state index is -0.219. The minimum Gasteiger partial charge on any atom is -0.497 e. The van der Waals surface area contributed by atoms with Crippen molar-refractivity contribution in [2.45, 2.75) is 26.8 Å². The molecular weight excluding hydrogens is 360 g/mol. The standard InChI is InChI=1S/C17H19BrN2O3/c1-4-15(21)19-16-11(2)14(18)10-20(17(16)22)9-12-5-7-13(23-3)8-6-12/h5-8,10H,4,9H2,1-3H3,(H,19,21). The minimum absolute atomic E-state index is 0.181. The highest BCUT2D eigenvalue weighted by molar-refractivity contribution is 9.10. The molecule has 0 aliphatic heterocycles. The Bertz CT molecular complexity index is 767. The number of benzene rings is 1. The number of anilines is 1. The molecule has 0 saturated heterocycles. The molecular formula is C17H19BrN2O3. The third-order valence-electron chi connectivity index (χ3n) is 3.57. The van der Waals surface area contributed by atoms with Crippen LogP contribution in [0.5, 0.6) is 5.75 Å². The molecule has 0 spiro atoms. The molecule has 2 aromatic rings. The number of nitrogens with zero attached hydrogens (tertiary/aromatic N) is 1. The summed E-state index contributed by atoms with van der Waals surface area (Å²) in [4.78, 5) is 24.3. The molecule has 0 bridgehead atoms. The quantitative estimate of drug-likeness (QED) is 0.867. The summed E-state index contributed by atoms with van der Waals surface area (Å²) in [7, 11) is 1.61. The number of aromatic nitrogens is 1. The number of carbonyl (C=O) groups excluding carboxylic acids is 1. The monoisotopic (exact) mass is 378 g/mol. The van der Waals surface area contributed by atoms with Crippen molar-refractivity contribution in [3.8, 4) is 5.75 Å². The molecule has 0 atom stereocenters. The van der Waals surface area contributed by atoms with Crippen molar-refractivity contribution in [3.63, 3.8) is 0 Å². The zero-order valence-corrected chi connectivity index (χ0v) is 14.9. The molecule has 5 nitrogen and oxygen atoms in total. The van der Waals surface area contributed by atoms with Gasteiger partial charge in [0, 0.05) is 17.1 Å². The Morgan fingerprint density at radius 1 is 1.30 bits per heavy atom. The highest BCUT2D eigenvalue weighted by Gasteiger charge is 2.13. The first-order chi connectivity index (χ1) is 11.0. The summed E-state index contributed by atoms with van der Waals surface area (Å²) < 4.78 is 7.48. The van der Waals surface area contributed by atoms with Crippen LogP contribution in [0.15, 0.2) is 39.7 Å². The Kier molecular flexibility index (Phi) is 5.60. The van der Waals surface area contributed by atoms with Gasteiger partial charge in [0.15, 0.2) is 0 Å². The number of nitrogens with one attached hydrogen (secondary N) is 1. The predicted octanol–water partition coefficient (Wildman–Crippen LogP) is 3.32. The van der Waals surface area contributed by atoms with Crippen LogP contribution in [0.4, 0.5) is 5.69 Å². The maximum Gasteiger partial charge on any atom is 0.274 e. The maximum atomic E-state index is 12.6. The molecule has 0 aliphatic rings. The van der Waals surface area contributed by atoms with Gasteiger partial charge in [0.25, 0.3) is 5.56 Å². The van der Waals surface area contributed by atoms with E-state index < -0.39 is 0 Å². The van der Waals surface area contributed by atoms with E-state index in [1.165, 1.54) is 0 Å². The Labute approximate surface area is 143 Å². The maximum absolute atomic E-state index is 12.6. The van der Waals surface area contributed by atoms with Crippen LogP contribution in [0.25, 0.3) is 0 Å². The molecule has 122 valence electrons. The molecule has 0 unspecified atom stereocenters. The van der Waals surface area contributed by atoms with Crippen molar-refractivity contribution in [3.05, 3.63) is 56.4 Å². The Hall–Kier alpha value is -2.08. The van der Waals surface area contributed by atoms with Crippen molar-refractivity contribution in [2.24, 2.45) is 0 Å². The Morgan fingerprint density at radius 2 is 1.96 bits per heavy atom. The van der Waals surface area contributed by atoms with Crippen LogP contribution in [0.3, 0.4) is 0 Å². The first-order valence-electron chi connectivity index (χ1n) is 7.28. The fourth-order valence-electron chi connectivity index (χ4n) is 2.14. The van der Waals surface area contributed by atoms with E-state index in [2.05, 4.69) is 21.2 Å². The molecule has 0 radical (unpaired) electrons. The van der Waals surface area contributed by atoms with Gasteiger partial charge in [-0.05, 0) is 46.1 Å². The van der Waals surface area contributed by atoms with Gasteiger partial charge in [-0.1, -0.05) is 19.1 Å². The lowest BCUT2D eigenvalue weighted by molar-refractivity contribution is -0.115. The van der Waals surface area contributed by atoms with E-state index in [9.17, 15) is 9.59 Å². The third kappa shape index (κ3) is 4.01. The molecule has 0 fully saturated rings. The molecule has 23 heavy (non-hydrogen) atoms. The van der Waals surface area contributed by atoms with Crippen molar-refractivity contribution in [1.29, 1.82) is 0 Å². The van der Waals surface area contributed by atoms with E-state index in [-0.39, 0.29) is 11.5 Å². The van der Waals surface area contributed by atoms with Gasteiger partial charge in [-0.2, -0.15) is 0 Å². The number of methoxy groups -OCH3 is 1. The van der Waals surface area contributed by atoms with Crippen LogP contribution >= 0.6 is 15.9 Å². The second-order valence-electron chi connectivity index (χ2n) is 5.16. The summed E-state index contributed by atoms with van der Waals surface area (Å²) in [6.07, 6.45) is 2.06. The number of hydrogen-bond donors (Lipinski definition) is 1. The van der Waals surface area contributed by atoms with E-state index in [1.54, 1.807) is 31.7 Å². The van der Waals surface area contributed by atoms with Gasteiger partial charge < -0.3 is 14.6 Å². The first-order valence-corrected chi connectivity index (χ1v) is 8.07. The number of ether oxygens (including phenoxy) is 1. The first kappa shape index (κ1) is 17.3. The Balaban J connectivity index is 2.38. The third-order valence-corrected chi connectivity index (χ3v) is 4.37. The molecule has 0 saturated carbocycles. The van der Waals surface area contributed by atoms with E-state index in [0.717, 1.165) is 21.3 Å². The fourth-order valence-corrected chi connectivity index (χ4v) is 2.58. The van der Waals surface area contributed by atoms with Gasteiger partial charge in [-0.3, -0.25) is 9.59 Å². The lowest BCUT2D eigenvalue weighted by Crippen LogP contribution is -2.27. The smallest absolute Gasteiger partial charge is 0.274 e. The summed E-state index contributed by atoms with van der Waals surface area (Å²) in [5, 5.41) is 2.69. The van der Waals surface area contributed by atoms with Crippen LogP contribution in [-0.2, 0) is 11.3 Å². The highest BCUT2D eigenvalue weighted by Crippen LogP contribution is 2.21.